The Morgan fingerprint density at radius 1 is 0.655 bits per heavy atom. The second-order valence-corrected chi connectivity index (χ2v) is 9.12. The van der Waals surface area contributed by atoms with E-state index in [9.17, 15) is 0 Å². The summed E-state index contributed by atoms with van der Waals surface area (Å²) >= 11 is 1.97. The average Bonchev–Trinajstić information content (AvgIpc) is 3.16. The molecule has 0 unspecified atom stereocenters. The minimum atomic E-state index is 1.13. The Hall–Kier alpha value is -2.90. The summed E-state index contributed by atoms with van der Waals surface area (Å²) in [5.74, 6) is 0. The van der Waals surface area contributed by atoms with E-state index in [1.54, 1.807) is 0 Å². The molecule has 0 spiro atoms. The van der Waals surface area contributed by atoms with Gasteiger partial charge >= 0.3 is 0 Å². The standard InChI is InChI=1S/C28H22S/c1-17-9-3-5-11-20(17)25-18(2)27-26(23-14-8-7-13-22(23)25)24-16-15-19-10-4-6-12-21(19)28(24)29-27/h4,6-16H,3,5H2,1-2H3. The fourth-order valence-corrected chi connectivity index (χ4v) is 6.39. The fourth-order valence-electron chi connectivity index (χ4n) is 5.04. The van der Waals surface area contributed by atoms with Gasteiger partial charge in [-0.25, -0.2) is 0 Å². The Labute approximate surface area is 174 Å². The van der Waals surface area contributed by atoms with Crippen molar-refractivity contribution in [1.82, 2.24) is 0 Å². The van der Waals surface area contributed by atoms with Crippen LogP contribution in [0.4, 0.5) is 0 Å². The van der Waals surface area contributed by atoms with Crippen LogP contribution in [-0.2, 0) is 0 Å². The lowest BCUT2D eigenvalue weighted by atomic mass is 9.85. The van der Waals surface area contributed by atoms with Crippen LogP contribution in [0.25, 0.3) is 47.3 Å². The summed E-state index contributed by atoms with van der Waals surface area (Å²) in [6.07, 6.45) is 7.13. The Morgan fingerprint density at radius 2 is 1.38 bits per heavy atom. The summed E-state index contributed by atoms with van der Waals surface area (Å²) in [6.45, 7) is 4.59. The van der Waals surface area contributed by atoms with E-state index in [2.05, 4.69) is 86.7 Å². The molecule has 0 atom stereocenters. The Kier molecular flexibility index (Phi) is 3.69. The van der Waals surface area contributed by atoms with Gasteiger partial charge in [0.25, 0.3) is 0 Å². The highest BCUT2D eigenvalue weighted by molar-refractivity contribution is 7.27. The first-order valence-electron chi connectivity index (χ1n) is 10.4. The molecule has 6 rings (SSSR count). The zero-order valence-corrected chi connectivity index (χ0v) is 17.6. The van der Waals surface area contributed by atoms with Crippen molar-refractivity contribution in [3.8, 4) is 0 Å². The molecule has 1 aliphatic rings. The molecule has 5 aromatic rings. The molecular weight excluding hydrogens is 368 g/mol. The highest BCUT2D eigenvalue weighted by Crippen LogP contribution is 2.47. The normalized spacial score (nSPS) is 14.7. The third-order valence-corrected chi connectivity index (χ3v) is 7.78. The van der Waals surface area contributed by atoms with Crippen LogP contribution >= 0.6 is 11.3 Å². The van der Waals surface area contributed by atoms with Crippen LogP contribution in [0.2, 0.25) is 0 Å². The largest absolute Gasteiger partial charge is 0.134 e. The quantitative estimate of drug-likeness (QED) is 0.268. The van der Waals surface area contributed by atoms with Gasteiger partial charge in [0, 0.05) is 20.2 Å². The maximum atomic E-state index is 2.44. The van der Waals surface area contributed by atoms with Gasteiger partial charge in [-0.05, 0) is 70.5 Å². The summed E-state index contributed by atoms with van der Waals surface area (Å²) in [7, 11) is 0. The zero-order valence-electron chi connectivity index (χ0n) is 16.8. The van der Waals surface area contributed by atoms with Gasteiger partial charge in [-0.1, -0.05) is 72.8 Å². The molecule has 1 heteroatoms. The fraction of sp³-hybridized carbons (Fsp3) is 0.143. The third-order valence-electron chi connectivity index (χ3n) is 6.42. The number of aryl methyl sites for hydroxylation is 1. The van der Waals surface area contributed by atoms with Crippen molar-refractivity contribution in [3.63, 3.8) is 0 Å². The first-order valence-corrected chi connectivity index (χ1v) is 11.2. The topological polar surface area (TPSA) is 0 Å². The number of thiophene rings is 1. The number of fused-ring (bicyclic) bond motifs is 7. The molecule has 0 N–H and O–H groups in total. The van der Waals surface area contributed by atoms with Gasteiger partial charge < -0.3 is 0 Å². The van der Waals surface area contributed by atoms with Crippen molar-refractivity contribution < 1.29 is 0 Å². The molecule has 140 valence electrons. The van der Waals surface area contributed by atoms with Crippen LogP contribution < -0.4 is 0 Å². The maximum absolute atomic E-state index is 2.44. The minimum Gasteiger partial charge on any atom is -0.134 e. The molecule has 0 saturated carbocycles. The molecule has 0 nitrogen and oxygen atoms in total. The smallest absolute Gasteiger partial charge is 0.0434 e. The van der Waals surface area contributed by atoms with Crippen LogP contribution in [0.5, 0.6) is 0 Å². The SMILES string of the molecule is CC1=CCCC=C1c1c(C)c2sc3c4ccccc4ccc3c2c2ccccc12. The van der Waals surface area contributed by atoms with E-state index in [4.69, 9.17) is 0 Å². The van der Waals surface area contributed by atoms with Gasteiger partial charge in [0.05, 0.1) is 0 Å². The van der Waals surface area contributed by atoms with Crippen molar-refractivity contribution in [1.29, 1.82) is 0 Å². The van der Waals surface area contributed by atoms with Gasteiger partial charge in [0.1, 0.15) is 0 Å². The number of hydrogen-bond acceptors (Lipinski definition) is 1. The Bertz CT molecular complexity index is 1510. The lowest BCUT2D eigenvalue weighted by molar-refractivity contribution is 1.02. The predicted molar refractivity (Wildman–Crippen MR) is 130 cm³/mol. The van der Waals surface area contributed by atoms with Gasteiger partial charge in [-0.2, -0.15) is 0 Å². The van der Waals surface area contributed by atoms with E-state index in [0.29, 0.717) is 0 Å². The molecule has 0 fully saturated rings. The van der Waals surface area contributed by atoms with Crippen LogP contribution in [0.15, 0.2) is 78.4 Å². The summed E-state index contributed by atoms with van der Waals surface area (Å²) in [4.78, 5) is 0. The van der Waals surface area contributed by atoms with Gasteiger partial charge in [0.15, 0.2) is 0 Å². The second-order valence-electron chi connectivity index (χ2n) is 8.10. The minimum absolute atomic E-state index is 1.13. The number of hydrogen-bond donors (Lipinski definition) is 0. The summed E-state index contributed by atoms with van der Waals surface area (Å²) in [5.41, 5.74) is 5.69. The van der Waals surface area contributed by atoms with E-state index in [1.807, 2.05) is 11.3 Å². The second kappa shape index (κ2) is 6.30. The van der Waals surface area contributed by atoms with Crippen LogP contribution in [0.3, 0.4) is 0 Å². The number of allylic oxidation sites excluding steroid dienone is 4. The van der Waals surface area contributed by atoms with Crippen molar-refractivity contribution >= 4 is 58.6 Å². The third kappa shape index (κ3) is 2.37. The van der Waals surface area contributed by atoms with Crippen molar-refractivity contribution in [2.24, 2.45) is 0 Å². The molecule has 1 heterocycles. The Morgan fingerprint density at radius 3 is 2.21 bits per heavy atom. The summed E-state index contributed by atoms with van der Waals surface area (Å²) in [5, 5.41) is 8.26. The molecule has 1 aromatic heterocycles. The lowest BCUT2D eigenvalue weighted by Gasteiger charge is -2.19. The molecule has 0 radical (unpaired) electrons. The molecular formula is C28H22S. The molecule has 0 bridgehead atoms. The van der Waals surface area contributed by atoms with Gasteiger partial charge in [-0.3, -0.25) is 0 Å². The zero-order chi connectivity index (χ0) is 19.5. The van der Waals surface area contributed by atoms with Gasteiger partial charge in [0.2, 0.25) is 0 Å². The van der Waals surface area contributed by atoms with E-state index in [1.165, 1.54) is 64.0 Å². The predicted octanol–water partition coefficient (Wildman–Crippen LogP) is 8.79. The van der Waals surface area contributed by atoms with Crippen molar-refractivity contribution in [2.45, 2.75) is 26.7 Å². The molecule has 4 aromatic carbocycles. The van der Waals surface area contributed by atoms with Crippen molar-refractivity contribution in [2.75, 3.05) is 0 Å². The highest BCUT2D eigenvalue weighted by atomic mass is 32.1. The van der Waals surface area contributed by atoms with Crippen LogP contribution in [-0.4, -0.2) is 0 Å². The molecule has 29 heavy (non-hydrogen) atoms. The summed E-state index contributed by atoms with van der Waals surface area (Å²) < 4.78 is 2.85. The lowest BCUT2D eigenvalue weighted by Crippen LogP contribution is -1.97. The first-order chi connectivity index (χ1) is 14.2. The first kappa shape index (κ1) is 17.0. The maximum Gasteiger partial charge on any atom is 0.0434 e. The van der Waals surface area contributed by atoms with E-state index in [-0.39, 0.29) is 0 Å². The van der Waals surface area contributed by atoms with E-state index >= 15 is 0 Å². The van der Waals surface area contributed by atoms with Crippen LogP contribution in [0, 0.1) is 6.92 Å². The molecule has 0 aliphatic heterocycles. The van der Waals surface area contributed by atoms with Gasteiger partial charge in [-0.15, -0.1) is 11.3 Å². The van der Waals surface area contributed by atoms with Crippen molar-refractivity contribution in [3.05, 3.63) is 89.5 Å². The summed E-state index contributed by atoms with van der Waals surface area (Å²) in [6, 6.07) is 22.4. The monoisotopic (exact) mass is 390 g/mol. The highest BCUT2D eigenvalue weighted by Gasteiger charge is 2.20. The Balaban J connectivity index is 1.85. The molecule has 0 saturated heterocycles. The average molecular weight is 391 g/mol. The van der Waals surface area contributed by atoms with Crippen LogP contribution in [0.1, 0.15) is 30.9 Å². The number of rotatable bonds is 1. The molecule has 0 amide bonds. The van der Waals surface area contributed by atoms with E-state index in [0.717, 1.165) is 12.8 Å². The molecule has 1 aliphatic carbocycles. The number of benzene rings is 4. The van der Waals surface area contributed by atoms with E-state index < -0.39 is 0 Å².